The lowest BCUT2D eigenvalue weighted by atomic mass is 10.1. The van der Waals surface area contributed by atoms with Crippen molar-refractivity contribution < 1.29 is 4.79 Å². The molecule has 0 aliphatic carbocycles. The van der Waals surface area contributed by atoms with Crippen LogP contribution in [0.4, 0.5) is 5.69 Å². The van der Waals surface area contributed by atoms with E-state index in [-0.39, 0.29) is 5.91 Å². The predicted molar refractivity (Wildman–Crippen MR) is 94.9 cm³/mol. The van der Waals surface area contributed by atoms with Crippen molar-refractivity contribution >= 4 is 35.1 Å². The fourth-order valence-electron chi connectivity index (χ4n) is 2.32. The Labute approximate surface area is 135 Å². The lowest BCUT2D eigenvalue weighted by molar-refractivity contribution is -0.116. The summed E-state index contributed by atoms with van der Waals surface area (Å²) in [6, 6.07) is 8.27. The smallest absolute Gasteiger partial charge is 0.224 e. The summed E-state index contributed by atoms with van der Waals surface area (Å²) in [7, 11) is 0. The number of hydrogen-bond donors (Lipinski definition) is 2. The second kappa shape index (κ2) is 9.38. The molecule has 0 bridgehead atoms. The second-order valence-electron chi connectivity index (χ2n) is 5.20. The molecule has 1 aromatic carbocycles. The first-order chi connectivity index (χ1) is 10.3. The topological polar surface area (TPSA) is 55.1 Å². The van der Waals surface area contributed by atoms with Crippen LogP contribution in [0.5, 0.6) is 0 Å². The Morgan fingerprint density at radius 1 is 1.19 bits per heavy atom. The third kappa shape index (κ3) is 5.93. The van der Waals surface area contributed by atoms with E-state index in [9.17, 15) is 4.79 Å². The Balaban J connectivity index is 1.76. The number of thioether (sulfide) groups is 2. The predicted octanol–water partition coefficient (Wildman–Crippen LogP) is 4.01. The molecule has 2 rings (SSSR count). The number of rotatable bonds is 8. The molecular weight excluding hydrogens is 300 g/mol. The lowest BCUT2D eigenvalue weighted by Gasteiger charge is -2.11. The minimum Gasteiger partial charge on any atom is -0.330 e. The average Bonchev–Trinajstić information content (AvgIpc) is 3.01. The number of carbonyl (C=O) groups excluding carboxylic acids is 1. The largest absolute Gasteiger partial charge is 0.330 e. The molecule has 0 saturated carbocycles. The summed E-state index contributed by atoms with van der Waals surface area (Å²) < 4.78 is 0.526. The summed E-state index contributed by atoms with van der Waals surface area (Å²) in [6.07, 6.45) is 4.80. The molecule has 116 valence electrons. The first kappa shape index (κ1) is 16.7. The lowest BCUT2D eigenvalue weighted by Crippen LogP contribution is -2.11. The van der Waals surface area contributed by atoms with Crippen LogP contribution in [0.25, 0.3) is 0 Å². The molecule has 5 heteroatoms. The van der Waals surface area contributed by atoms with Crippen molar-refractivity contribution in [2.45, 2.75) is 36.7 Å². The maximum atomic E-state index is 11.9. The number of amides is 1. The minimum atomic E-state index is 0.117. The number of unbranched alkanes of at least 4 members (excludes halogenated alkanes) is 3. The minimum absolute atomic E-state index is 0.117. The van der Waals surface area contributed by atoms with Crippen LogP contribution in [-0.2, 0) is 4.79 Å². The highest BCUT2D eigenvalue weighted by atomic mass is 32.2. The van der Waals surface area contributed by atoms with E-state index in [4.69, 9.17) is 5.73 Å². The van der Waals surface area contributed by atoms with Crippen LogP contribution in [0.3, 0.4) is 0 Å². The van der Waals surface area contributed by atoms with Gasteiger partial charge in [0, 0.05) is 23.6 Å². The van der Waals surface area contributed by atoms with Gasteiger partial charge < -0.3 is 11.1 Å². The first-order valence-corrected chi connectivity index (χ1v) is 9.72. The highest BCUT2D eigenvalue weighted by molar-refractivity contribution is 8.19. The van der Waals surface area contributed by atoms with Crippen LogP contribution < -0.4 is 11.1 Å². The number of benzene rings is 1. The monoisotopic (exact) mass is 324 g/mol. The van der Waals surface area contributed by atoms with E-state index >= 15 is 0 Å². The van der Waals surface area contributed by atoms with Crippen LogP contribution >= 0.6 is 23.5 Å². The summed E-state index contributed by atoms with van der Waals surface area (Å²) in [5, 5.41) is 3.01. The van der Waals surface area contributed by atoms with Gasteiger partial charge in [-0.05, 0) is 37.1 Å². The van der Waals surface area contributed by atoms with Crippen molar-refractivity contribution in [3.05, 3.63) is 29.8 Å². The highest BCUT2D eigenvalue weighted by Crippen LogP contribution is 2.45. The fourth-order valence-corrected chi connectivity index (χ4v) is 5.16. The molecule has 0 aromatic heterocycles. The molecule has 1 amide bonds. The van der Waals surface area contributed by atoms with E-state index < -0.39 is 0 Å². The maximum Gasteiger partial charge on any atom is 0.224 e. The molecule has 1 heterocycles. The van der Waals surface area contributed by atoms with Crippen molar-refractivity contribution in [1.29, 1.82) is 0 Å². The van der Waals surface area contributed by atoms with Crippen LogP contribution in [0, 0.1) is 0 Å². The van der Waals surface area contributed by atoms with Crippen LogP contribution in [0.1, 0.15) is 42.2 Å². The Hall–Kier alpha value is -0.650. The molecule has 3 nitrogen and oxygen atoms in total. The van der Waals surface area contributed by atoms with Gasteiger partial charge in [0.25, 0.3) is 0 Å². The SMILES string of the molecule is NCCCCCCC(=O)Nc1cccc(C2SCCS2)c1. The average molecular weight is 325 g/mol. The van der Waals surface area contributed by atoms with Gasteiger partial charge in [-0.3, -0.25) is 4.79 Å². The molecule has 0 atom stereocenters. The van der Waals surface area contributed by atoms with E-state index in [1.54, 1.807) is 0 Å². The van der Waals surface area contributed by atoms with Crippen molar-refractivity contribution in [3.63, 3.8) is 0 Å². The maximum absolute atomic E-state index is 11.9. The van der Waals surface area contributed by atoms with E-state index in [0.29, 0.717) is 11.0 Å². The Bertz CT molecular complexity index is 448. The summed E-state index contributed by atoms with van der Waals surface area (Å²) in [4.78, 5) is 11.9. The zero-order valence-corrected chi connectivity index (χ0v) is 14.0. The molecule has 0 spiro atoms. The number of hydrogen-bond acceptors (Lipinski definition) is 4. The van der Waals surface area contributed by atoms with Crippen LogP contribution in [0.2, 0.25) is 0 Å². The van der Waals surface area contributed by atoms with Crippen molar-refractivity contribution in [2.75, 3.05) is 23.4 Å². The third-order valence-electron chi connectivity index (χ3n) is 3.42. The third-order valence-corrected chi connectivity index (χ3v) is 6.53. The molecular formula is C16H24N2OS2. The zero-order valence-electron chi connectivity index (χ0n) is 12.3. The van der Waals surface area contributed by atoms with Crippen LogP contribution in [-0.4, -0.2) is 24.0 Å². The van der Waals surface area contributed by atoms with Crippen molar-refractivity contribution in [3.8, 4) is 0 Å². The summed E-state index contributed by atoms with van der Waals surface area (Å²) >= 11 is 3.97. The molecule has 1 aliphatic rings. The number of anilines is 1. The van der Waals surface area contributed by atoms with Gasteiger partial charge in [0.2, 0.25) is 5.91 Å². The molecule has 3 N–H and O–H groups in total. The highest BCUT2D eigenvalue weighted by Gasteiger charge is 2.18. The fraction of sp³-hybridized carbons (Fsp3) is 0.562. The molecule has 21 heavy (non-hydrogen) atoms. The molecule has 1 fully saturated rings. The molecule has 0 radical (unpaired) electrons. The van der Waals surface area contributed by atoms with E-state index in [1.165, 1.54) is 17.1 Å². The molecule has 1 aliphatic heterocycles. The normalized spacial score (nSPS) is 15.3. The van der Waals surface area contributed by atoms with Crippen LogP contribution in [0.15, 0.2) is 24.3 Å². The van der Waals surface area contributed by atoms with Crippen molar-refractivity contribution in [1.82, 2.24) is 0 Å². The Morgan fingerprint density at radius 3 is 2.71 bits per heavy atom. The molecule has 1 saturated heterocycles. The van der Waals surface area contributed by atoms with Gasteiger partial charge in [-0.2, -0.15) is 0 Å². The van der Waals surface area contributed by atoms with Gasteiger partial charge in [0.15, 0.2) is 0 Å². The van der Waals surface area contributed by atoms with E-state index in [0.717, 1.165) is 37.9 Å². The number of nitrogens with two attached hydrogens (primary N) is 1. The first-order valence-electron chi connectivity index (χ1n) is 7.62. The summed E-state index contributed by atoms with van der Waals surface area (Å²) in [5.41, 5.74) is 7.69. The second-order valence-corrected chi connectivity index (χ2v) is 7.92. The van der Waals surface area contributed by atoms with E-state index in [2.05, 4.69) is 17.4 Å². The van der Waals surface area contributed by atoms with Gasteiger partial charge in [-0.1, -0.05) is 25.0 Å². The van der Waals surface area contributed by atoms with E-state index in [1.807, 2.05) is 35.7 Å². The molecule has 1 aromatic rings. The van der Waals surface area contributed by atoms with Gasteiger partial charge in [0.05, 0.1) is 4.58 Å². The quantitative estimate of drug-likeness (QED) is 0.709. The molecule has 0 unspecified atom stereocenters. The van der Waals surface area contributed by atoms with Gasteiger partial charge in [0.1, 0.15) is 0 Å². The van der Waals surface area contributed by atoms with Gasteiger partial charge in [-0.25, -0.2) is 0 Å². The van der Waals surface area contributed by atoms with Gasteiger partial charge >= 0.3 is 0 Å². The summed E-state index contributed by atoms with van der Waals surface area (Å²) in [5.74, 6) is 2.55. The standard InChI is InChI=1S/C16H24N2OS2/c17-9-4-2-1-3-8-15(19)18-14-7-5-6-13(12-14)16-20-10-11-21-16/h5-7,12,16H,1-4,8-11,17H2,(H,18,19). The van der Waals surface area contributed by atoms with Gasteiger partial charge in [-0.15, -0.1) is 23.5 Å². The number of nitrogens with one attached hydrogen (secondary N) is 1. The summed E-state index contributed by atoms with van der Waals surface area (Å²) in [6.45, 7) is 0.746. The zero-order chi connectivity index (χ0) is 14.9. The Kier molecular flexibility index (Phi) is 7.47. The number of carbonyl (C=O) groups is 1. The Morgan fingerprint density at radius 2 is 1.95 bits per heavy atom. The van der Waals surface area contributed by atoms with Crippen molar-refractivity contribution in [2.24, 2.45) is 5.73 Å².